The minimum absolute atomic E-state index is 0.00692. The molecule has 0 aliphatic carbocycles. The van der Waals surface area contributed by atoms with Crippen LogP contribution in [-0.2, 0) is 11.3 Å². The number of non-ortho nitro benzene ring substituents is 1. The van der Waals surface area contributed by atoms with Gasteiger partial charge in [-0.1, -0.05) is 53.7 Å². The highest BCUT2D eigenvalue weighted by atomic mass is 32.2. The van der Waals surface area contributed by atoms with E-state index in [1.165, 1.54) is 40.8 Å². The highest BCUT2D eigenvalue weighted by Gasteiger charge is 2.16. The molecule has 1 N–H and O–H groups in total. The predicted octanol–water partition coefficient (Wildman–Crippen LogP) is 5.04. The Morgan fingerprint density at radius 2 is 1.97 bits per heavy atom. The van der Waals surface area contributed by atoms with Gasteiger partial charge in [-0.25, -0.2) is 4.98 Å². The highest BCUT2D eigenvalue weighted by Crippen LogP contribution is 2.28. The van der Waals surface area contributed by atoms with Crippen LogP contribution in [0.5, 0.6) is 0 Å². The fourth-order valence-electron chi connectivity index (χ4n) is 3.12. The van der Waals surface area contributed by atoms with E-state index in [2.05, 4.69) is 20.5 Å². The maximum atomic E-state index is 12.5. The number of nitro groups is 1. The van der Waals surface area contributed by atoms with Gasteiger partial charge in [-0.2, -0.15) is 0 Å². The summed E-state index contributed by atoms with van der Waals surface area (Å²) < 4.78 is 1.98. The summed E-state index contributed by atoms with van der Waals surface area (Å²) in [5, 5.41) is 25.2. The van der Waals surface area contributed by atoms with Crippen LogP contribution in [0.15, 0.2) is 59.1 Å². The summed E-state index contributed by atoms with van der Waals surface area (Å²) in [5.41, 5.74) is 3.33. The van der Waals surface area contributed by atoms with E-state index in [1.54, 1.807) is 17.5 Å². The molecule has 33 heavy (non-hydrogen) atoms. The lowest BCUT2D eigenvalue weighted by molar-refractivity contribution is -0.384. The second-order valence-electron chi connectivity index (χ2n) is 7.10. The first kappa shape index (κ1) is 22.6. The summed E-state index contributed by atoms with van der Waals surface area (Å²) in [6.07, 6.45) is 0. The Morgan fingerprint density at radius 3 is 2.70 bits per heavy atom. The third kappa shape index (κ3) is 5.26. The number of aromatic nitrogens is 4. The van der Waals surface area contributed by atoms with Crippen LogP contribution in [0.25, 0.3) is 22.6 Å². The van der Waals surface area contributed by atoms with Crippen LogP contribution in [-0.4, -0.2) is 36.3 Å². The summed E-state index contributed by atoms with van der Waals surface area (Å²) in [7, 11) is 0. The zero-order chi connectivity index (χ0) is 23.4. The molecule has 4 rings (SSSR count). The molecule has 2 heterocycles. The van der Waals surface area contributed by atoms with Gasteiger partial charge in [0, 0.05) is 35.2 Å². The zero-order valence-corrected chi connectivity index (χ0v) is 19.5. The van der Waals surface area contributed by atoms with Gasteiger partial charge in [0.1, 0.15) is 0 Å². The molecule has 0 saturated heterocycles. The van der Waals surface area contributed by atoms with Crippen molar-refractivity contribution in [2.45, 2.75) is 25.5 Å². The predicted molar refractivity (Wildman–Crippen MR) is 129 cm³/mol. The van der Waals surface area contributed by atoms with Crippen LogP contribution in [0.1, 0.15) is 12.5 Å². The molecule has 2 aromatic heterocycles. The second kappa shape index (κ2) is 9.92. The van der Waals surface area contributed by atoms with Crippen molar-refractivity contribution in [3.63, 3.8) is 0 Å². The standard InChI is InChI=1S/C22H20N6O3S2/c1-3-27-20(15-9-7-14(2)8-10-15)25-26-22(27)33-13-19(29)24-21-23-18(12-32-21)16-5-4-6-17(11-16)28(30)31/h4-12H,3,13H2,1-2H3,(H,23,24,29). The normalized spacial score (nSPS) is 10.8. The molecule has 0 bridgehead atoms. The number of thiazole rings is 1. The van der Waals surface area contributed by atoms with Crippen LogP contribution in [0.3, 0.4) is 0 Å². The quantitative estimate of drug-likeness (QED) is 0.213. The molecular weight excluding hydrogens is 460 g/mol. The number of anilines is 1. The van der Waals surface area contributed by atoms with Gasteiger partial charge in [0.25, 0.3) is 5.69 Å². The number of thioether (sulfide) groups is 1. The number of hydrogen-bond donors (Lipinski definition) is 1. The minimum Gasteiger partial charge on any atom is -0.302 e. The van der Waals surface area contributed by atoms with Crippen molar-refractivity contribution < 1.29 is 9.72 Å². The van der Waals surface area contributed by atoms with E-state index in [-0.39, 0.29) is 17.3 Å². The van der Waals surface area contributed by atoms with Gasteiger partial charge in [-0.3, -0.25) is 14.9 Å². The number of nitro benzene ring substituents is 1. The van der Waals surface area contributed by atoms with Gasteiger partial charge in [0.2, 0.25) is 5.91 Å². The number of carbonyl (C=O) groups is 1. The van der Waals surface area contributed by atoms with E-state index in [0.29, 0.717) is 28.1 Å². The van der Waals surface area contributed by atoms with Gasteiger partial charge >= 0.3 is 0 Å². The van der Waals surface area contributed by atoms with Crippen LogP contribution in [0.4, 0.5) is 10.8 Å². The molecule has 0 atom stereocenters. The molecule has 2 aromatic carbocycles. The Hall–Kier alpha value is -3.57. The lowest BCUT2D eigenvalue weighted by Gasteiger charge is -2.07. The average Bonchev–Trinajstić information content (AvgIpc) is 3.45. The zero-order valence-electron chi connectivity index (χ0n) is 17.9. The Morgan fingerprint density at radius 1 is 1.18 bits per heavy atom. The fraction of sp³-hybridized carbons (Fsp3) is 0.182. The maximum Gasteiger partial charge on any atom is 0.270 e. The van der Waals surface area contributed by atoms with Crippen molar-refractivity contribution in [3.8, 4) is 22.6 Å². The van der Waals surface area contributed by atoms with E-state index in [9.17, 15) is 14.9 Å². The fourth-order valence-corrected chi connectivity index (χ4v) is 4.66. The van der Waals surface area contributed by atoms with Gasteiger partial charge in [0.15, 0.2) is 16.1 Å². The molecule has 0 aliphatic heterocycles. The lowest BCUT2D eigenvalue weighted by Crippen LogP contribution is -2.14. The Bertz CT molecular complexity index is 1300. The molecule has 11 heteroatoms. The number of nitrogens with zero attached hydrogens (tertiary/aromatic N) is 5. The van der Waals surface area contributed by atoms with E-state index in [4.69, 9.17) is 0 Å². The molecule has 0 saturated carbocycles. The smallest absolute Gasteiger partial charge is 0.270 e. The minimum atomic E-state index is -0.449. The van der Waals surface area contributed by atoms with Crippen LogP contribution in [0.2, 0.25) is 0 Å². The molecule has 0 unspecified atom stereocenters. The molecule has 0 fully saturated rings. The van der Waals surface area contributed by atoms with Gasteiger partial charge < -0.3 is 9.88 Å². The number of amides is 1. The Labute approximate surface area is 198 Å². The van der Waals surface area contributed by atoms with Crippen molar-refractivity contribution in [1.29, 1.82) is 0 Å². The van der Waals surface area contributed by atoms with Crippen LogP contribution < -0.4 is 5.32 Å². The third-order valence-electron chi connectivity index (χ3n) is 4.78. The molecule has 1 amide bonds. The summed E-state index contributed by atoms with van der Waals surface area (Å²) in [5.74, 6) is 0.696. The van der Waals surface area contributed by atoms with E-state index < -0.39 is 4.92 Å². The van der Waals surface area contributed by atoms with Crippen LogP contribution >= 0.6 is 23.1 Å². The molecule has 0 radical (unpaired) electrons. The number of hydrogen-bond acceptors (Lipinski definition) is 8. The third-order valence-corrected chi connectivity index (χ3v) is 6.50. The van der Waals surface area contributed by atoms with Crippen molar-refractivity contribution in [1.82, 2.24) is 19.7 Å². The molecule has 4 aromatic rings. The number of benzene rings is 2. The number of rotatable bonds is 8. The first-order valence-electron chi connectivity index (χ1n) is 10.1. The SMILES string of the molecule is CCn1c(SCC(=O)Nc2nc(-c3cccc([N+](=O)[O-])c3)cs2)nnc1-c1ccc(C)cc1. The molecule has 9 nitrogen and oxygen atoms in total. The van der Waals surface area contributed by atoms with Crippen molar-refractivity contribution in [3.05, 3.63) is 69.6 Å². The molecule has 0 aliphatic rings. The van der Waals surface area contributed by atoms with E-state index >= 15 is 0 Å². The first-order chi connectivity index (χ1) is 15.9. The largest absolute Gasteiger partial charge is 0.302 e. The number of aryl methyl sites for hydroxylation is 1. The summed E-state index contributed by atoms with van der Waals surface area (Å²) in [6, 6.07) is 14.3. The first-order valence-corrected chi connectivity index (χ1v) is 11.9. The second-order valence-corrected chi connectivity index (χ2v) is 8.90. The summed E-state index contributed by atoms with van der Waals surface area (Å²) in [6.45, 7) is 4.72. The molecule has 0 spiro atoms. The van der Waals surface area contributed by atoms with E-state index in [0.717, 1.165) is 11.4 Å². The van der Waals surface area contributed by atoms with Gasteiger partial charge in [0.05, 0.1) is 16.4 Å². The lowest BCUT2D eigenvalue weighted by atomic mass is 10.1. The summed E-state index contributed by atoms with van der Waals surface area (Å²) in [4.78, 5) is 27.4. The topological polar surface area (TPSA) is 116 Å². The summed E-state index contributed by atoms with van der Waals surface area (Å²) >= 11 is 2.57. The Balaban J connectivity index is 1.40. The van der Waals surface area contributed by atoms with Crippen molar-refractivity contribution in [2.24, 2.45) is 0 Å². The van der Waals surface area contributed by atoms with Gasteiger partial charge in [-0.05, 0) is 13.8 Å². The number of nitrogens with one attached hydrogen (secondary N) is 1. The Kier molecular flexibility index (Phi) is 6.80. The van der Waals surface area contributed by atoms with Crippen LogP contribution in [0, 0.1) is 17.0 Å². The van der Waals surface area contributed by atoms with Gasteiger partial charge in [-0.15, -0.1) is 21.5 Å². The monoisotopic (exact) mass is 480 g/mol. The maximum absolute atomic E-state index is 12.5. The number of carbonyl (C=O) groups excluding carboxylic acids is 1. The van der Waals surface area contributed by atoms with E-state index in [1.807, 2.05) is 42.7 Å². The molecular formula is C22H20N6O3S2. The average molecular weight is 481 g/mol. The highest BCUT2D eigenvalue weighted by molar-refractivity contribution is 7.99. The van der Waals surface area contributed by atoms with Crippen molar-refractivity contribution in [2.75, 3.05) is 11.1 Å². The van der Waals surface area contributed by atoms with Crippen molar-refractivity contribution >= 4 is 39.8 Å². The molecule has 168 valence electrons.